The van der Waals surface area contributed by atoms with Crippen molar-refractivity contribution in [1.29, 1.82) is 0 Å². The van der Waals surface area contributed by atoms with Gasteiger partial charge in [0, 0.05) is 11.8 Å². The molecule has 4 nitrogen and oxygen atoms in total. The lowest BCUT2D eigenvalue weighted by atomic mass is 10.0. The van der Waals surface area contributed by atoms with Crippen LogP contribution in [0.15, 0.2) is 28.5 Å². The summed E-state index contributed by atoms with van der Waals surface area (Å²) in [6.45, 7) is 1.10. The second-order valence-electron chi connectivity index (χ2n) is 4.79. The zero-order valence-electron chi connectivity index (χ0n) is 11.6. The average molecular weight is 339 g/mol. The molecule has 118 valence electrons. The minimum Gasteiger partial charge on any atom is -0.477 e. The third-order valence-corrected chi connectivity index (χ3v) is 4.35. The van der Waals surface area contributed by atoms with Gasteiger partial charge in [0.05, 0.1) is 15.9 Å². The van der Waals surface area contributed by atoms with E-state index in [-0.39, 0.29) is 0 Å². The Morgan fingerprint density at radius 2 is 1.91 bits per heavy atom. The normalized spacial score (nSPS) is 11.1. The van der Waals surface area contributed by atoms with Gasteiger partial charge in [-0.25, -0.2) is 18.0 Å². The van der Waals surface area contributed by atoms with E-state index in [4.69, 9.17) is 5.11 Å². The van der Waals surface area contributed by atoms with Gasteiger partial charge < -0.3 is 9.67 Å². The second-order valence-corrected chi connectivity index (χ2v) is 5.72. The highest BCUT2D eigenvalue weighted by molar-refractivity contribution is 7.12. The highest BCUT2D eigenvalue weighted by Gasteiger charge is 2.25. The number of rotatable bonds is 2. The summed E-state index contributed by atoms with van der Waals surface area (Å²) in [7, 11) is 0. The number of benzene rings is 1. The average Bonchev–Trinajstić information content (AvgIpc) is 3.04. The molecular formula is C15H8F3NO3S. The Hall–Kier alpha value is -2.61. The van der Waals surface area contributed by atoms with Gasteiger partial charge >= 0.3 is 5.97 Å². The predicted octanol–water partition coefficient (Wildman–Crippen LogP) is 3.48. The van der Waals surface area contributed by atoms with Gasteiger partial charge in [-0.3, -0.25) is 4.79 Å². The van der Waals surface area contributed by atoms with E-state index in [1.54, 1.807) is 11.4 Å². The number of hydrogen-bond donors (Lipinski definition) is 1. The fraction of sp³-hybridized carbons (Fsp3) is 0.0667. The first kappa shape index (κ1) is 15.3. The molecule has 0 unspecified atom stereocenters. The van der Waals surface area contributed by atoms with E-state index in [2.05, 4.69) is 0 Å². The molecular weight excluding hydrogens is 331 g/mol. The predicted molar refractivity (Wildman–Crippen MR) is 79.0 cm³/mol. The lowest BCUT2D eigenvalue weighted by Crippen LogP contribution is -2.21. The molecule has 0 aliphatic rings. The van der Waals surface area contributed by atoms with E-state index in [0.29, 0.717) is 5.00 Å². The molecule has 0 spiro atoms. The summed E-state index contributed by atoms with van der Waals surface area (Å²) < 4.78 is 42.9. The van der Waals surface area contributed by atoms with Crippen LogP contribution in [0.1, 0.15) is 15.9 Å². The zero-order valence-corrected chi connectivity index (χ0v) is 12.4. The topological polar surface area (TPSA) is 59.3 Å². The summed E-state index contributed by atoms with van der Waals surface area (Å²) in [5.74, 6) is -6.28. The first-order chi connectivity index (χ1) is 10.8. The van der Waals surface area contributed by atoms with Crippen LogP contribution in [0.4, 0.5) is 13.2 Å². The quantitative estimate of drug-likeness (QED) is 0.727. The first-order valence-electron chi connectivity index (χ1n) is 6.34. The van der Waals surface area contributed by atoms with Gasteiger partial charge in [-0.15, -0.1) is 11.3 Å². The van der Waals surface area contributed by atoms with Crippen molar-refractivity contribution < 1.29 is 23.1 Å². The van der Waals surface area contributed by atoms with Crippen molar-refractivity contribution in [2.75, 3.05) is 0 Å². The minimum absolute atomic E-state index is 0.363. The molecule has 3 rings (SSSR count). The number of thiophene rings is 1. The van der Waals surface area contributed by atoms with Gasteiger partial charge in [0.15, 0.2) is 17.5 Å². The maximum absolute atomic E-state index is 14.3. The summed E-state index contributed by atoms with van der Waals surface area (Å²) >= 11 is 1.13. The Morgan fingerprint density at radius 3 is 2.48 bits per heavy atom. The highest BCUT2D eigenvalue weighted by Crippen LogP contribution is 2.29. The Bertz CT molecular complexity index is 1010. The molecule has 0 amide bonds. The number of carboxylic acids is 1. The van der Waals surface area contributed by atoms with Gasteiger partial charge in [0.1, 0.15) is 5.56 Å². The number of carboxylic acid groups (broad SMARTS) is 1. The number of fused-ring (bicyclic) bond motifs is 1. The molecule has 1 N–H and O–H groups in total. The first-order valence-corrected chi connectivity index (χ1v) is 7.22. The standard InChI is InChI=1S/C15H8F3NO3S/c1-6-9-13(12(18)11(17)10(6)16)19(8-3-2-4-23-8)5-7(14(9)20)15(21)22/h2-5H,1H3,(H,21,22). The molecule has 2 aromatic heterocycles. The fourth-order valence-corrected chi connectivity index (χ4v) is 3.10. The fourth-order valence-electron chi connectivity index (χ4n) is 2.39. The van der Waals surface area contributed by atoms with E-state index in [0.717, 1.165) is 29.0 Å². The van der Waals surface area contributed by atoms with Crippen molar-refractivity contribution >= 4 is 28.2 Å². The van der Waals surface area contributed by atoms with Crippen LogP contribution in [0, 0.1) is 24.4 Å². The Kier molecular flexibility index (Phi) is 3.48. The van der Waals surface area contributed by atoms with Crippen LogP contribution in [-0.2, 0) is 0 Å². The van der Waals surface area contributed by atoms with Crippen molar-refractivity contribution in [3.8, 4) is 5.00 Å². The molecule has 0 radical (unpaired) electrons. The molecule has 2 heterocycles. The van der Waals surface area contributed by atoms with Crippen LogP contribution in [0.3, 0.4) is 0 Å². The van der Waals surface area contributed by atoms with Crippen LogP contribution in [-0.4, -0.2) is 15.6 Å². The SMILES string of the molecule is Cc1c(F)c(F)c(F)c2c1c(=O)c(C(=O)O)cn2-c1cccs1. The maximum Gasteiger partial charge on any atom is 0.341 e. The number of carbonyl (C=O) groups is 1. The molecule has 0 aliphatic carbocycles. The van der Waals surface area contributed by atoms with Crippen molar-refractivity contribution in [2.45, 2.75) is 6.92 Å². The number of nitrogens with zero attached hydrogens (tertiary/aromatic N) is 1. The third-order valence-electron chi connectivity index (χ3n) is 3.48. The van der Waals surface area contributed by atoms with E-state index >= 15 is 0 Å². The summed E-state index contributed by atoms with van der Waals surface area (Å²) in [6.07, 6.45) is 0.915. The Morgan fingerprint density at radius 1 is 1.22 bits per heavy atom. The monoisotopic (exact) mass is 339 g/mol. The molecule has 8 heteroatoms. The summed E-state index contributed by atoms with van der Waals surface area (Å²) in [5.41, 5.74) is -2.63. The van der Waals surface area contributed by atoms with Gasteiger partial charge in [-0.05, 0) is 24.4 Å². The summed E-state index contributed by atoms with van der Waals surface area (Å²) in [6, 6.07) is 3.16. The summed E-state index contributed by atoms with van der Waals surface area (Å²) in [5, 5.41) is 10.7. The number of aromatic nitrogens is 1. The Balaban J connectivity index is 2.65. The number of aryl methyl sites for hydroxylation is 1. The highest BCUT2D eigenvalue weighted by atomic mass is 32.1. The lowest BCUT2D eigenvalue weighted by Gasteiger charge is -2.14. The molecule has 1 aromatic carbocycles. The number of halogens is 3. The number of hydrogen-bond acceptors (Lipinski definition) is 3. The molecule has 0 aliphatic heterocycles. The third kappa shape index (κ3) is 2.14. The van der Waals surface area contributed by atoms with Gasteiger partial charge in [0.2, 0.25) is 5.43 Å². The molecule has 3 aromatic rings. The Labute approximate surface area is 131 Å². The van der Waals surface area contributed by atoms with E-state index in [1.165, 1.54) is 6.07 Å². The van der Waals surface area contributed by atoms with Gasteiger partial charge in [-0.1, -0.05) is 0 Å². The van der Waals surface area contributed by atoms with Gasteiger partial charge in [-0.2, -0.15) is 0 Å². The van der Waals surface area contributed by atoms with Crippen LogP contribution in [0.25, 0.3) is 15.9 Å². The van der Waals surface area contributed by atoms with Crippen molar-refractivity contribution in [1.82, 2.24) is 4.57 Å². The van der Waals surface area contributed by atoms with Crippen LogP contribution in [0.5, 0.6) is 0 Å². The van der Waals surface area contributed by atoms with E-state index < -0.39 is 50.9 Å². The number of pyridine rings is 1. The van der Waals surface area contributed by atoms with Gasteiger partial charge in [0.25, 0.3) is 0 Å². The van der Waals surface area contributed by atoms with Crippen molar-refractivity contribution in [3.05, 3.63) is 62.5 Å². The van der Waals surface area contributed by atoms with Crippen LogP contribution < -0.4 is 5.43 Å². The second kappa shape index (κ2) is 5.24. The minimum atomic E-state index is -1.71. The molecule has 0 saturated heterocycles. The molecule has 0 saturated carbocycles. The van der Waals surface area contributed by atoms with E-state index in [1.807, 2.05) is 0 Å². The molecule has 0 fully saturated rings. The van der Waals surface area contributed by atoms with Crippen molar-refractivity contribution in [3.63, 3.8) is 0 Å². The van der Waals surface area contributed by atoms with Crippen molar-refractivity contribution in [2.24, 2.45) is 0 Å². The smallest absolute Gasteiger partial charge is 0.341 e. The molecule has 0 atom stereocenters. The van der Waals surface area contributed by atoms with Crippen LogP contribution in [0.2, 0.25) is 0 Å². The van der Waals surface area contributed by atoms with Crippen LogP contribution >= 0.6 is 11.3 Å². The largest absolute Gasteiger partial charge is 0.477 e. The maximum atomic E-state index is 14.3. The number of aromatic carboxylic acids is 1. The summed E-state index contributed by atoms with van der Waals surface area (Å²) in [4.78, 5) is 23.5. The lowest BCUT2D eigenvalue weighted by molar-refractivity contribution is 0.0695. The van der Waals surface area contributed by atoms with E-state index in [9.17, 15) is 22.8 Å². The molecule has 0 bridgehead atoms. The molecule has 23 heavy (non-hydrogen) atoms. The zero-order chi connectivity index (χ0) is 16.9.